The van der Waals surface area contributed by atoms with Gasteiger partial charge in [0.25, 0.3) is 0 Å². The van der Waals surface area contributed by atoms with Gasteiger partial charge in [-0.15, -0.1) is 6.58 Å². The third kappa shape index (κ3) is 3.10. The van der Waals surface area contributed by atoms with Crippen molar-refractivity contribution in [1.82, 2.24) is 4.31 Å². The van der Waals surface area contributed by atoms with Crippen molar-refractivity contribution in [2.45, 2.75) is 38.6 Å². The minimum Gasteiger partial charge on any atom is -0.212 e. The van der Waals surface area contributed by atoms with Crippen LogP contribution in [0.3, 0.4) is 0 Å². The van der Waals surface area contributed by atoms with Crippen molar-refractivity contribution in [3.63, 3.8) is 0 Å². The fraction of sp³-hybridized carbons (Fsp3) is 0.800. The minimum atomic E-state index is -2.93. The predicted molar refractivity (Wildman–Crippen MR) is 58.6 cm³/mol. The van der Waals surface area contributed by atoms with E-state index in [1.165, 1.54) is 0 Å². The van der Waals surface area contributed by atoms with Crippen LogP contribution in [-0.2, 0) is 10.0 Å². The summed E-state index contributed by atoms with van der Waals surface area (Å²) in [7, 11) is -2.93. The topological polar surface area (TPSA) is 37.1 Å². The van der Waals surface area contributed by atoms with Crippen molar-refractivity contribution >= 4 is 10.0 Å². The Bertz CT molecular complexity index is 284. The average molecular weight is 217 g/mol. The van der Waals surface area contributed by atoms with E-state index in [2.05, 4.69) is 6.58 Å². The summed E-state index contributed by atoms with van der Waals surface area (Å²) in [5.74, 6) is 0.314. The van der Waals surface area contributed by atoms with E-state index in [-0.39, 0.29) is 6.04 Å². The van der Waals surface area contributed by atoms with Crippen LogP contribution in [0.5, 0.6) is 0 Å². The van der Waals surface area contributed by atoms with E-state index in [1.807, 2.05) is 13.0 Å². The van der Waals surface area contributed by atoms with Gasteiger partial charge in [0.2, 0.25) is 10.0 Å². The van der Waals surface area contributed by atoms with Gasteiger partial charge in [-0.2, -0.15) is 4.31 Å². The van der Waals surface area contributed by atoms with E-state index in [4.69, 9.17) is 0 Å². The molecule has 0 saturated carbocycles. The van der Waals surface area contributed by atoms with Crippen LogP contribution in [0.15, 0.2) is 12.7 Å². The molecule has 0 amide bonds. The van der Waals surface area contributed by atoms with Crippen molar-refractivity contribution < 1.29 is 8.42 Å². The van der Waals surface area contributed by atoms with Gasteiger partial charge >= 0.3 is 0 Å². The summed E-state index contributed by atoms with van der Waals surface area (Å²) >= 11 is 0. The lowest BCUT2D eigenvalue weighted by atomic mass is 10.2. The molecule has 0 radical (unpaired) electrons. The second-order valence-electron chi connectivity index (χ2n) is 3.76. The fourth-order valence-electron chi connectivity index (χ4n) is 1.49. The smallest absolute Gasteiger partial charge is 0.212 e. The second kappa shape index (κ2) is 4.94. The van der Waals surface area contributed by atoms with E-state index in [1.54, 1.807) is 4.31 Å². The van der Waals surface area contributed by atoms with Gasteiger partial charge < -0.3 is 0 Å². The molecule has 0 spiro atoms. The molecule has 0 bridgehead atoms. The number of rotatable bonds is 7. The van der Waals surface area contributed by atoms with Gasteiger partial charge in [-0.1, -0.05) is 19.4 Å². The van der Waals surface area contributed by atoms with Crippen LogP contribution in [0.4, 0.5) is 0 Å². The van der Waals surface area contributed by atoms with Gasteiger partial charge in [0, 0.05) is 12.6 Å². The Morgan fingerprint density at radius 2 is 2.29 bits per heavy atom. The zero-order chi connectivity index (χ0) is 10.6. The van der Waals surface area contributed by atoms with Crippen LogP contribution < -0.4 is 0 Å². The molecule has 0 N–H and O–H groups in total. The lowest BCUT2D eigenvalue weighted by Crippen LogP contribution is -2.18. The highest BCUT2D eigenvalue weighted by Crippen LogP contribution is 2.27. The van der Waals surface area contributed by atoms with Crippen LogP contribution >= 0.6 is 0 Å². The zero-order valence-electron chi connectivity index (χ0n) is 8.78. The van der Waals surface area contributed by atoms with E-state index in [0.29, 0.717) is 5.75 Å². The van der Waals surface area contributed by atoms with E-state index in [9.17, 15) is 8.42 Å². The summed E-state index contributed by atoms with van der Waals surface area (Å²) in [6.07, 6.45) is 5.38. The Morgan fingerprint density at radius 3 is 2.86 bits per heavy atom. The normalized spacial score (nSPS) is 26.1. The third-order valence-electron chi connectivity index (χ3n) is 2.48. The molecule has 14 heavy (non-hydrogen) atoms. The van der Waals surface area contributed by atoms with E-state index >= 15 is 0 Å². The number of nitrogens with zero attached hydrogens (tertiary/aromatic N) is 1. The maximum absolute atomic E-state index is 11.6. The van der Waals surface area contributed by atoms with Gasteiger partial charge in [0.1, 0.15) is 0 Å². The number of sulfonamides is 1. The molecule has 2 atom stereocenters. The Morgan fingerprint density at radius 1 is 1.57 bits per heavy atom. The zero-order valence-corrected chi connectivity index (χ0v) is 9.59. The van der Waals surface area contributed by atoms with Gasteiger partial charge in [-0.25, -0.2) is 8.42 Å². The van der Waals surface area contributed by atoms with Gasteiger partial charge in [0.15, 0.2) is 0 Å². The van der Waals surface area contributed by atoms with Crippen LogP contribution in [-0.4, -0.2) is 31.1 Å². The molecule has 1 fully saturated rings. The van der Waals surface area contributed by atoms with Crippen molar-refractivity contribution in [1.29, 1.82) is 0 Å². The van der Waals surface area contributed by atoms with Gasteiger partial charge in [0.05, 0.1) is 5.75 Å². The minimum absolute atomic E-state index is 0.259. The summed E-state index contributed by atoms with van der Waals surface area (Å²) in [6.45, 7) is 6.36. The highest BCUT2D eigenvalue weighted by molar-refractivity contribution is 7.89. The van der Waals surface area contributed by atoms with Crippen molar-refractivity contribution in [3.05, 3.63) is 12.7 Å². The average Bonchev–Trinajstić information content (AvgIpc) is 2.91. The first kappa shape index (κ1) is 11.7. The summed E-state index contributed by atoms with van der Waals surface area (Å²) in [5.41, 5.74) is 0. The molecule has 1 heterocycles. The molecule has 0 aromatic carbocycles. The Kier molecular flexibility index (Phi) is 4.13. The molecule has 0 aromatic rings. The van der Waals surface area contributed by atoms with Crippen LogP contribution in [0.1, 0.15) is 32.6 Å². The largest absolute Gasteiger partial charge is 0.214 e. The standard InChI is InChI=1S/C10H19NO2S/c1-3-5-7-10-9-11(10)14(12,13)8-6-4-2/h3,10H,1,4-9H2,2H3/t10-,11?/m1/s1. The molecule has 1 aliphatic heterocycles. The van der Waals surface area contributed by atoms with E-state index in [0.717, 1.165) is 32.2 Å². The number of allylic oxidation sites excluding steroid dienone is 1. The molecule has 0 aliphatic carbocycles. The molecule has 4 heteroatoms. The Hall–Kier alpha value is -0.350. The number of hydrogen-bond acceptors (Lipinski definition) is 2. The molecular formula is C10H19NO2S. The fourth-order valence-corrected chi connectivity index (χ4v) is 3.34. The van der Waals surface area contributed by atoms with Crippen LogP contribution in [0, 0.1) is 0 Å². The van der Waals surface area contributed by atoms with Gasteiger partial charge in [-0.05, 0) is 19.3 Å². The number of hydrogen-bond donors (Lipinski definition) is 0. The molecule has 3 nitrogen and oxygen atoms in total. The lowest BCUT2D eigenvalue weighted by molar-refractivity contribution is 0.545. The highest BCUT2D eigenvalue weighted by atomic mass is 32.2. The van der Waals surface area contributed by atoms with Crippen LogP contribution in [0.25, 0.3) is 0 Å². The molecule has 82 valence electrons. The number of unbranched alkanes of at least 4 members (excludes halogenated alkanes) is 1. The molecule has 1 rings (SSSR count). The Labute approximate surface area is 86.8 Å². The van der Waals surface area contributed by atoms with E-state index < -0.39 is 10.0 Å². The summed E-state index contributed by atoms with van der Waals surface area (Å²) in [4.78, 5) is 0. The summed E-state index contributed by atoms with van der Waals surface area (Å²) in [6, 6.07) is 0.259. The lowest BCUT2D eigenvalue weighted by Gasteiger charge is -2.04. The first-order chi connectivity index (χ1) is 6.61. The third-order valence-corrected chi connectivity index (χ3v) is 4.45. The molecule has 1 saturated heterocycles. The monoisotopic (exact) mass is 217 g/mol. The van der Waals surface area contributed by atoms with Crippen molar-refractivity contribution in [2.75, 3.05) is 12.3 Å². The quantitative estimate of drug-likeness (QED) is 0.481. The molecule has 1 aliphatic rings. The molecular weight excluding hydrogens is 198 g/mol. The molecule has 0 aromatic heterocycles. The summed E-state index contributed by atoms with van der Waals surface area (Å²) < 4.78 is 24.9. The van der Waals surface area contributed by atoms with Crippen molar-refractivity contribution in [3.8, 4) is 0 Å². The second-order valence-corrected chi connectivity index (χ2v) is 5.80. The summed E-state index contributed by atoms with van der Waals surface area (Å²) in [5, 5.41) is 0. The molecule has 1 unspecified atom stereocenters. The van der Waals surface area contributed by atoms with Crippen LogP contribution in [0.2, 0.25) is 0 Å². The maximum Gasteiger partial charge on any atom is 0.214 e. The maximum atomic E-state index is 11.6. The highest BCUT2D eigenvalue weighted by Gasteiger charge is 2.42. The first-order valence-electron chi connectivity index (χ1n) is 5.22. The van der Waals surface area contributed by atoms with Crippen molar-refractivity contribution in [2.24, 2.45) is 0 Å². The van der Waals surface area contributed by atoms with Gasteiger partial charge in [-0.3, -0.25) is 0 Å². The predicted octanol–water partition coefficient (Wildman–Crippen LogP) is 1.77. The Balaban J connectivity index is 2.33. The first-order valence-corrected chi connectivity index (χ1v) is 6.83. The SMILES string of the molecule is C=CCC[C@@H]1CN1S(=O)(=O)CCCC.